The lowest BCUT2D eigenvalue weighted by Crippen LogP contribution is -2.48. The Kier molecular flexibility index (Phi) is 7.45. The van der Waals surface area contributed by atoms with Crippen LogP contribution in [0.1, 0.15) is 13.3 Å². The molecule has 6 heteroatoms. The van der Waals surface area contributed by atoms with Gasteiger partial charge in [-0.1, -0.05) is 6.92 Å². The Morgan fingerprint density at radius 3 is 2.33 bits per heavy atom. The van der Waals surface area contributed by atoms with E-state index < -0.39 is 31.0 Å². The zero-order valence-corrected chi connectivity index (χ0v) is 8.61. The van der Waals surface area contributed by atoms with Crippen molar-refractivity contribution in [3.63, 3.8) is 0 Å². The molecule has 0 saturated heterocycles. The fourth-order valence-corrected chi connectivity index (χ4v) is 1.06. The first-order chi connectivity index (χ1) is 7.08. The average molecular weight is 222 g/mol. The molecule has 6 nitrogen and oxygen atoms in total. The van der Waals surface area contributed by atoms with Crippen molar-refractivity contribution >= 4 is 6.29 Å². The van der Waals surface area contributed by atoms with Gasteiger partial charge in [0.2, 0.25) is 0 Å². The summed E-state index contributed by atoms with van der Waals surface area (Å²) in [5.74, 6) is 0. The maximum absolute atomic E-state index is 10.3. The van der Waals surface area contributed by atoms with Gasteiger partial charge in [-0.2, -0.15) is 0 Å². The minimum absolute atomic E-state index is 0.216. The van der Waals surface area contributed by atoms with Gasteiger partial charge >= 0.3 is 0 Å². The van der Waals surface area contributed by atoms with Crippen molar-refractivity contribution < 1.29 is 30.0 Å². The molecule has 0 aliphatic rings. The van der Waals surface area contributed by atoms with Crippen LogP contribution >= 0.6 is 0 Å². The van der Waals surface area contributed by atoms with Crippen LogP contribution in [-0.4, -0.2) is 64.3 Å². The average Bonchev–Trinajstić information content (AvgIpc) is 2.27. The number of hydrogen-bond donors (Lipinski definition) is 4. The standard InChI is InChI=1S/C9H18O6/c1-2-3-15-9(7(13)5-11)8(14)6(12)4-10/h5-10,12-14H,2-4H2,1H3/t6-,7+,8-,9-/m1/s1. The van der Waals surface area contributed by atoms with Gasteiger partial charge in [-0.25, -0.2) is 0 Å². The summed E-state index contributed by atoms with van der Waals surface area (Å²) < 4.78 is 5.03. The Bertz CT molecular complexity index is 174. The van der Waals surface area contributed by atoms with Crippen molar-refractivity contribution in [2.24, 2.45) is 0 Å². The van der Waals surface area contributed by atoms with E-state index in [1.165, 1.54) is 0 Å². The monoisotopic (exact) mass is 222 g/mol. The second-order valence-electron chi connectivity index (χ2n) is 3.20. The second-order valence-corrected chi connectivity index (χ2v) is 3.20. The van der Waals surface area contributed by atoms with Crippen LogP contribution < -0.4 is 0 Å². The summed E-state index contributed by atoms with van der Waals surface area (Å²) >= 11 is 0. The number of rotatable bonds is 8. The van der Waals surface area contributed by atoms with Gasteiger partial charge < -0.3 is 30.0 Å². The molecule has 0 heterocycles. The molecule has 0 unspecified atom stereocenters. The number of hydrogen-bond acceptors (Lipinski definition) is 6. The molecule has 0 fully saturated rings. The van der Waals surface area contributed by atoms with Gasteiger partial charge in [-0.3, -0.25) is 0 Å². The summed E-state index contributed by atoms with van der Waals surface area (Å²) in [6, 6.07) is 0. The van der Waals surface area contributed by atoms with Crippen LogP contribution in [0.25, 0.3) is 0 Å². The van der Waals surface area contributed by atoms with Crippen LogP contribution in [0.3, 0.4) is 0 Å². The Morgan fingerprint density at radius 1 is 1.33 bits per heavy atom. The molecular weight excluding hydrogens is 204 g/mol. The molecule has 90 valence electrons. The summed E-state index contributed by atoms with van der Waals surface area (Å²) in [5, 5.41) is 36.4. The molecule has 0 aliphatic carbocycles. The Labute approximate surface area is 88.1 Å². The molecule has 0 bridgehead atoms. The predicted octanol–water partition coefficient (Wildman–Crippen LogP) is -1.94. The van der Waals surface area contributed by atoms with Crippen LogP contribution in [-0.2, 0) is 9.53 Å². The highest BCUT2D eigenvalue weighted by Gasteiger charge is 2.32. The maximum Gasteiger partial charge on any atom is 0.151 e. The van der Waals surface area contributed by atoms with Crippen LogP contribution in [0.2, 0.25) is 0 Å². The highest BCUT2D eigenvalue weighted by atomic mass is 16.5. The van der Waals surface area contributed by atoms with Crippen LogP contribution in [0.5, 0.6) is 0 Å². The molecule has 0 aliphatic heterocycles. The van der Waals surface area contributed by atoms with Crippen molar-refractivity contribution in [2.75, 3.05) is 13.2 Å². The zero-order chi connectivity index (χ0) is 11.8. The third-order valence-electron chi connectivity index (χ3n) is 1.91. The van der Waals surface area contributed by atoms with Gasteiger partial charge in [0.15, 0.2) is 6.29 Å². The molecule has 0 aromatic carbocycles. The van der Waals surface area contributed by atoms with E-state index in [0.29, 0.717) is 6.42 Å². The van der Waals surface area contributed by atoms with Crippen LogP contribution in [0.15, 0.2) is 0 Å². The van der Waals surface area contributed by atoms with Gasteiger partial charge in [0.05, 0.1) is 6.61 Å². The predicted molar refractivity (Wildman–Crippen MR) is 51.2 cm³/mol. The van der Waals surface area contributed by atoms with E-state index in [2.05, 4.69) is 0 Å². The van der Waals surface area contributed by atoms with Gasteiger partial charge in [0.25, 0.3) is 0 Å². The molecular formula is C9H18O6. The number of carbonyl (C=O) groups is 1. The molecule has 0 radical (unpaired) electrons. The molecule has 4 atom stereocenters. The van der Waals surface area contributed by atoms with E-state index in [-0.39, 0.29) is 12.9 Å². The summed E-state index contributed by atoms with van der Waals surface area (Å²) in [6.07, 6.45) is -4.82. The van der Waals surface area contributed by atoms with Gasteiger partial charge in [-0.05, 0) is 6.42 Å². The number of ether oxygens (including phenoxy) is 1. The lowest BCUT2D eigenvalue weighted by atomic mass is 10.0. The fourth-order valence-electron chi connectivity index (χ4n) is 1.06. The van der Waals surface area contributed by atoms with Gasteiger partial charge in [-0.15, -0.1) is 0 Å². The van der Waals surface area contributed by atoms with Crippen molar-refractivity contribution in [3.05, 3.63) is 0 Å². The Morgan fingerprint density at radius 2 is 1.93 bits per heavy atom. The van der Waals surface area contributed by atoms with Crippen molar-refractivity contribution in [2.45, 2.75) is 37.8 Å². The first-order valence-corrected chi connectivity index (χ1v) is 4.80. The molecule has 0 saturated carbocycles. The minimum Gasteiger partial charge on any atom is -0.394 e. The molecule has 0 aromatic rings. The van der Waals surface area contributed by atoms with E-state index in [0.717, 1.165) is 0 Å². The summed E-state index contributed by atoms with van der Waals surface area (Å²) in [5.41, 5.74) is 0. The highest BCUT2D eigenvalue weighted by molar-refractivity contribution is 5.56. The molecule has 4 N–H and O–H groups in total. The SMILES string of the molecule is CCCO[C@@H]([C@H](O)[C@H](O)CO)[C@@H](O)C=O. The number of carbonyl (C=O) groups excluding carboxylic acids is 1. The van der Waals surface area contributed by atoms with Crippen LogP contribution in [0, 0.1) is 0 Å². The normalized spacial score (nSPS) is 19.3. The summed E-state index contributed by atoms with van der Waals surface area (Å²) in [4.78, 5) is 10.3. The summed E-state index contributed by atoms with van der Waals surface area (Å²) in [6.45, 7) is 1.39. The third kappa shape index (κ3) is 4.67. The molecule has 15 heavy (non-hydrogen) atoms. The van der Waals surface area contributed by atoms with Crippen molar-refractivity contribution in [3.8, 4) is 0 Å². The first-order valence-electron chi connectivity index (χ1n) is 4.80. The van der Waals surface area contributed by atoms with Crippen LogP contribution in [0.4, 0.5) is 0 Å². The van der Waals surface area contributed by atoms with Crippen molar-refractivity contribution in [1.82, 2.24) is 0 Å². The molecule has 0 rings (SSSR count). The largest absolute Gasteiger partial charge is 0.394 e. The molecule has 0 aromatic heterocycles. The first kappa shape index (κ1) is 14.5. The lowest BCUT2D eigenvalue weighted by Gasteiger charge is -2.27. The van der Waals surface area contributed by atoms with E-state index >= 15 is 0 Å². The van der Waals surface area contributed by atoms with E-state index in [4.69, 9.17) is 14.9 Å². The lowest BCUT2D eigenvalue weighted by molar-refractivity contribution is -0.150. The number of aliphatic hydroxyl groups excluding tert-OH is 4. The quantitative estimate of drug-likeness (QED) is 0.356. The zero-order valence-electron chi connectivity index (χ0n) is 8.61. The fraction of sp³-hybridized carbons (Fsp3) is 0.889. The topological polar surface area (TPSA) is 107 Å². The smallest absolute Gasteiger partial charge is 0.151 e. The van der Waals surface area contributed by atoms with Crippen molar-refractivity contribution in [1.29, 1.82) is 0 Å². The van der Waals surface area contributed by atoms with Gasteiger partial charge in [0, 0.05) is 6.61 Å². The summed E-state index contributed by atoms with van der Waals surface area (Å²) in [7, 11) is 0. The van der Waals surface area contributed by atoms with E-state index in [1.54, 1.807) is 0 Å². The Hall–Kier alpha value is -0.530. The molecule has 0 spiro atoms. The van der Waals surface area contributed by atoms with Gasteiger partial charge in [0.1, 0.15) is 24.4 Å². The van der Waals surface area contributed by atoms with E-state index in [9.17, 15) is 15.0 Å². The number of aldehydes is 1. The molecule has 0 amide bonds. The maximum atomic E-state index is 10.3. The highest BCUT2D eigenvalue weighted by Crippen LogP contribution is 2.09. The minimum atomic E-state index is -1.52. The number of aliphatic hydroxyl groups is 4. The third-order valence-corrected chi connectivity index (χ3v) is 1.91. The second kappa shape index (κ2) is 7.72. The van der Waals surface area contributed by atoms with E-state index in [1.807, 2.05) is 6.92 Å². The Balaban J connectivity index is 4.38.